The molecule has 0 amide bonds. The summed E-state index contributed by atoms with van der Waals surface area (Å²) < 4.78 is 11.9. The van der Waals surface area contributed by atoms with Gasteiger partial charge in [-0.2, -0.15) is 0 Å². The summed E-state index contributed by atoms with van der Waals surface area (Å²) in [7, 11) is 0. The second-order valence-corrected chi connectivity index (χ2v) is 5.53. The number of benzene rings is 2. The van der Waals surface area contributed by atoms with Crippen molar-refractivity contribution in [1.29, 1.82) is 0 Å². The van der Waals surface area contributed by atoms with Crippen LogP contribution in [0.3, 0.4) is 0 Å². The average molecular weight is 297 g/mol. The number of piperidine rings is 1. The number of ether oxygens (including phenoxy) is 2. The lowest BCUT2D eigenvalue weighted by molar-refractivity contribution is 0.104. The van der Waals surface area contributed by atoms with E-state index < -0.39 is 0 Å². The van der Waals surface area contributed by atoms with E-state index in [0.717, 1.165) is 24.5 Å². The lowest BCUT2D eigenvalue weighted by atomic mass is 9.90. The lowest BCUT2D eigenvalue weighted by Crippen LogP contribution is -2.44. The Balaban J connectivity index is 1.80. The summed E-state index contributed by atoms with van der Waals surface area (Å²) in [5, 5.41) is 3.51. The van der Waals surface area contributed by atoms with Gasteiger partial charge in [0.05, 0.1) is 6.61 Å². The third-order valence-electron chi connectivity index (χ3n) is 4.03. The van der Waals surface area contributed by atoms with Gasteiger partial charge in [-0.25, -0.2) is 0 Å². The molecule has 1 aliphatic rings. The van der Waals surface area contributed by atoms with Gasteiger partial charge >= 0.3 is 0 Å². The van der Waals surface area contributed by atoms with Crippen molar-refractivity contribution in [3.8, 4) is 11.5 Å². The van der Waals surface area contributed by atoms with E-state index in [2.05, 4.69) is 35.6 Å². The summed E-state index contributed by atoms with van der Waals surface area (Å²) in [4.78, 5) is 0. The minimum Gasteiger partial charge on any atom is -0.490 e. The van der Waals surface area contributed by atoms with Crippen LogP contribution in [0.1, 0.15) is 31.2 Å². The highest BCUT2D eigenvalue weighted by Crippen LogP contribution is 2.33. The van der Waals surface area contributed by atoms with Crippen molar-refractivity contribution in [1.82, 2.24) is 5.32 Å². The fourth-order valence-corrected chi connectivity index (χ4v) is 2.98. The Labute approximate surface area is 132 Å². The topological polar surface area (TPSA) is 30.5 Å². The van der Waals surface area contributed by atoms with E-state index >= 15 is 0 Å². The molecule has 0 aromatic heterocycles. The van der Waals surface area contributed by atoms with Crippen LogP contribution in [-0.4, -0.2) is 19.4 Å². The van der Waals surface area contributed by atoms with E-state index in [4.69, 9.17) is 9.47 Å². The average Bonchev–Trinajstić information content (AvgIpc) is 2.58. The highest BCUT2D eigenvalue weighted by molar-refractivity contribution is 5.40. The van der Waals surface area contributed by atoms with Gasteiger partial charge in [0.1, 0.15) is 0 Å². The van der Waals surface area contributed by atoms with Crippen LogP contribution in [0.4, 0.5) is 0 Å². The van der Waals surface area contributed by atoms with Crippen LogP contribution < -0.4 is 14.8 Å². The molecule has 1 saturated heterocycles. The first-order valence-electron chi connectivity index (χ1n) is 8.05. The molecule has 2 atom stereocenters. The molecule has 3 rings (SSSR count). The summed E-state index contributed by atoms with van der Waals surface area (Å²) in [6, 6.07) is 18.5. The normalized spacial score (nSPS) is 21.3. The van der Waals surface area contributed by atoms with E-state index in [-0.39, 0.29) is 6.23 Å². The van der Waals surface area contributed by atoms with Crippen molar-refractivity contribution in [2.75, 3.05) is 13.2 Å². The molecule has 116 valence electrons. The number of rotatable bonds is 5. The van der Waals surface area contributed by atoms with Gasteiger partial charge in [0, 0.05) is 5.92 Å². The summed E-state index contributed by atoms with van der Waals surface area (Å²) >= 11 is 0. The summed E-state index contributed by atoms with van der Waals surface area (Å²) in [5.74, 6) is 1.98. The highest BCUT2D eigenvalue weighted by atomic mass is 16.5. The van der Waals surface area contributed by atoms with Crippen molar-refractivity contribution in [3.63, 3.8) is 0 Å². The quantitative estimate of drug-likeness (QED) is 0.906. The summed E-state index contributed by atoms with van der Waals surface area (Å²) in [6.07, 6.45) is 2.29. The van der Waals surface area contributed by atoms with Gasteiger partial charge in [-0.15, -0.1) is 0 Å². The molecule has 1 aliphatic heterocycles. The number of hydrogen-bond acceptors (Lipinski definition) is 3. The molecule has 3 heteroatoms. The van der Waals surface area contributed by atoms with Crippen molar-refractivity contribution in [2.24, 2.45) is 0 Å². The molecule has 2 aromatic rings. The third-order valence-corrected chi connectivity index (χ3v) is 4.03. The predicted molar refractivity (Wildman–Crippen MR) is 88.4 cm³/mol. The van der Waals surface area contributed by atoms with Crippen LogP contribution in [0.2, 0.25) is 0 Å². The lowest BCUT2D eigenvalue weighted by Gasteiger charge is -2.33. The Bertz CT molecular complexity index is 585. The van der Waals surface area contributed by atoms with Crippen LogP contribution in [-0.2, 0) is 0 Å². The zero-order valence-corrected chi connectivity index (χ0v) is 13.0. The third kappa shape index (κ3) is 3.42. The Morgan fingerprint density at radius 2 is 1.73 bits per heavy atom. The van der Waals surface area contributed by atoms with E-state index in [1.54, 1.807) is 0 Å². The maximum Gasteiger partial charge on any atom is 0.163 e. The van der Waals surface area contributed by atoms with Gasteiger partial charge in [0.15, 0.2) is 17.7 Å². The zero-order valence-electron chi connectivity index (χ0n) is 13.0. The number of hydrogen-bond donors (Lipinski definition) is 1. The van der Waals surface area contributed by atoms with E-state index in [1.165, 1.54) is 12.0 Å². The molecule has 0 radical (unpaired) electrons. The Kier molecular flexibility index (Phi) is 4.96. The maximum atomic E-state index is 6.27. The minimum atomic E-state index is -0.0160. The standard InChI is InChI=1S/C19H23NO2/c1-2-21-17-12-6-7-13-18(17)22-19-16(11-8-14-20-19)15-9-4-3-5-10-15/h3-7,9-10,12-13,16,19-20H,2,8,11,14H2,1H3. The second kappa shape index (κ2) is 7.32. The Morgan fingerprint density at radius 3 is 2.50 bits per heavy atom. The molecular formula is C19H23NO2. The SMILES string of the molecule is CCOc1ccccc1OC1NCCCC1c1ccccc1. The van der Waals surface area contributed by atoms with Gasteiger partial charge in [-0.05, 0) is 44.0 Å². The van der Waals surface area contributed by atoms with Crippen LogP contribution in [0, 0.1) is 0 Å². The highest BCUT2D eigenvalue weighted by Gasteiger charge is 2.28. The van der Waals surface area contributed by atoms with Crippen molar-refractivity contribution in [2.45, 2.75) is 31.9 Å². The smallest absolute Gasteiger partial charge is 0.163 e. The monoisotopic (exact) mass is 297 g/mol. The van der Waals surface area contributed by atoms with Gasteiger partial charge in [-0.1, -0.05) is 42.5 Å². The van der Waals surface area contributed by atoms with Gasteiger partial charge in [0.2, 0.25) is 0 Å². The fourth-order valence-electron chi connectivity index (χ4n) is 2.98. The Hall–Kier alpha value is -2.00. The molecular weight excluding hydrogens is 274 g/mol. The van der Waals surface area contributed by atoms with Crippen molar-refractivity contribution in [3.05, 3.63) is 60.2 Å². The minimum absolute atomic E-state index is 0.0160. The van der Waals surface area contributed by atoms with E-state index in [0.29, 0.717) is 12.5 Å². The summed E-state index contributed by atoms with van der Waals surface area (Å²) in [5.41, 5.74) is 1.33. The first kappa shape index (κ1) is 14.9. The van der Waals surface area contributed by atoms with Crippen LogP contribution >= 0.6 is 0 Å². The predicted octanol–water partition coefficient (Wildman–Crippen LogP) is 3.96. The molecule has 3 nitrogen and oxygen atoms in total. The maximum absolute atomic E-state index is 6.27. The van der Waals surface area contributed by atoms with E-state index in [1.807, 2.05) is 31.2 Å². The molecule has 0 aliphatic carbocycles. The first-order valence-corrected chi connectivity index (χ1v) is 8.05. The molecule has 1 fully saturated rings. The van der Waals surface area contributed by atoms with Crippen LogP contribution in [0.5, 0.6) is 11.5 Å². The molecule has 0 bridgehead atoms. The fraction of sp³-hybridized carbons (Fsp3) is 0.368. The molecule has 1 heterocycles. The number of nitrogens with one attached hydrogen (secondary N) is 1. The molecule has 22 heavy (non-hydrogen) atoms. The van der Waals surface area contributed by atoms with Crippen LogP contribution in [0.15, 0.2) is 54.6 Å². The van der Waals surface area contributed by atoms with Crippen LogP contribution in [0.25, 0.3) is 0 Å². The van der Waals surface area contributed by atoms with Gasteiger partial charge in [0.25, 0.3) is 0 Å². The van der Waals surface area contributed by atoms with Gasteiger partial charge in [-0.3, -0.25) is 5.32 Å². The molecule has 2 unspecified atom stereocenters. The Morgan fingerprint density at radius 1 is 1.00 bits per heavy atom. The molecule has 0 saturated carbocycles. The largest absolute Gasteiger partial charge is 0.490 e. The summed E-state index contributed by atoms with van der Waals surface area (Å²) in [6.45, 7) is 3.62. The number of para-hydroxylation sites is 2. The zero-order chi connectivity index (χ0) is 15.2. The van der Waals surface area contributed by atoms with Crippen molar-refractivity contribution < 1.29 is 9.47 Å². The van der Waals surface area contributed by atoms with Crippen molar-refractivity contribution >= 4 is 0 Å². The van der Waals surface area contributed by atoms with E-state index in [9.17, 15) is 0 Å². The first-order chi connectivity index (χ1) is 10.9. The molecule has 1 N–H and O–H groups in total. The second-order valence-electron chi connectivity index (χ2n) is 5.53. The molecule has 0 spiro atoms. The molecule has 2 aromatic carbocycles. The van der Waals surface area contributed by atoms with Gasteiger partial charge < -0.3 is 9.47 Å².